The minimum atomic E-state index is -0.711. The Morgan fingerprint density at radius 2 is 1.79 bits per heavy atom. The highest BCUT2D eigenvalue weighted by atomic mass is 35.5. The molecule has 0 heterocycles. The number of anilines is 1. The van der Waals surface area contributed by atoms with Gasteiger partial charge in [0, 0.05) is 19.7 Å². The van der Waals surface area contributed by atoms with E-state index in [0.717, 1.165) is 0 Å². The van der Waals surface area contributed by atoms with Crippen LogP contribution < -0.4 is 10.1 Å². The standard InChI is InChI=1S/C18H19ClN2O3/c1-12(24-14-7-5-4-6-8-14)17(22)20-16-11-13(9-10-15(16)19)18(23)21(2)3/h4-12H,1-3H3,(H,20,22). The molecule has 126 valence electrons. The van der Waals surface area contributed by atoms with Gasteiger partial charge in [-0.25, -0.2) is 0 Å². The van der Waals surface area contributed by atoms with Crippen LogP contribution in [0.25, 0.3) is 0 Å². The molecule has 5 nitrogen and oxygen atoms in total. The smallest absolute Gasteiger partial charge is 0.265 e. The van der Waals surface area contributed by atoms with Crippen LogP contribution in [0.1, 0.15) is 17.3 Å². The first-order chi connectivity index (χ1) is 11.4. The summed E-state index contributed by atoms with van der Waals surface area (Å²) in [7, 11) is 3.32. The zero-order valence-electron chi connectivity index (χ0n) is 13.7. The largest absolute Gasteiger partial charge is 0.481 e. The molecule has 0 saturated carbocycles. The second-order valence-electron chi connectivity index (χ2n) is 5.46. The van der Waals surface area contributed by atoms with Crippen molar-refractivity contribution in [2.75, 3.05) is 19.4 Å². The number of halogens is 1. The van der Waals surface area contributed by atoms with Crippen molar-refractivity contribution in [1.82, 2.24) is 4.90 Å². The maximum atomic E-state index is 12.3. The lowest BCUT2D eigenvalue weighted by molar-refractivity contribution is -0.122. The number of hydrogen-bond acceptors (Lipinski definition) is 3. The summed E-state index contributed by atoms with van der Waals surface area (Å²) in [5.74, 6) is 0.0775. The molecule has 0 aromatic heterocycles. The van der Waals surface area contributed by atoms with Gasteiger partial charge in [-0.15, -0.1) is 0 Å². The van der Waals surface area contributed by atoms with E-state index >= 15 is 0 Å². The molecular weight excluding hydrogens is 328 g/mol. The molecule has 0 spiro atoms. The maximum absolute atomic E-state index is 12.3. The quantitative estimate of drug-likeness (QED) is 0.902. The molecule has 0 fully saturated rings. The normalized spacial score (nSPS) is 11.5. The highest BCUT2D eigenvalue weighted by molar-refractivity contribution is 6.34. The average molecular weight is 347 g/mol. The van der Waals surface area contributed by atoms with Crippen LogP contribution in [0.15, 0.2) is 48.5 Å². The van der Waals surface area contributed by atoms with Crippen LogP contribution >= 0.6 is 11.6 Å². The van der Waals surface area contributed by atoms with Gasteiger partial charge in [0.15, 0.2) is 6.10 Å². The van der Waals surface area contributed by atoms with Crippen molar-refractivity contribution in [1.29, 1.82) is 0 Å². The summed E-state index contributed by atoms with van der Waals surface area (Å²) in [6, 6.07) is 13.8. The minimum Gasteiger partial charge on any atom is -0.481 e. The van der Waals surface area contributed by atoms with E-state index in [-0.39, 0.29) is 11.8 Å². The van der Waals surface area contributed by atoms with Crippen molar-refractivity contribution >= 4 is 29.1 Å². The van der Waals surface area contributed by atoms with E-state index in [9.17, 15) is 9.59 Å². The number of ether oxygens (including phenoxy) is 1. The van der Waals surface area contributed by atoms with Crippen molar-refractivity contribution in [2.45, 2.75) is 13.0 Å². The summed E-state index contributed by atoms with van der Waals surface area (Å²) in [6.45, 7) is 1.64. The van der Waals surface area contributed by atoms with Crippen molar-refractivity contribution in [3.8, 4) is 5.75 Å². The van der Waals surface area contributed by atoms with Crippen molar-refractivity contribution in [2.24, 2.45) is 0 Å². The molecule has 1 atom stereocenters. The fourth-order valence-corrected chi connectivity index (χ4v) is 2.17. The molecule has 2 amide bonds. The first kappa shape index (κ1) is 17.8. The molecule has 0 aliphatic heterocycles. The van der Waals surface area contributed by atoms with Crippen LogP contribution in [0.4, 0.5) is 5.69 Å². The summed E-state index contributed by atoms with van der Waals surface area (Å²) in [5, 5.41) is 3.05. The van der Waals surface area contributed by atoms with Gasteiger partial charge in [-0.3, -0.25) is 9.59 Å². The lowest BCUT2D eigenvalue weighted by Gasteiger charge is -2.16. The van der Waals surface area contributed by atoms with Crippen LogP contribution in [0.2, 0.25) is 5.02 Å². The average Bonchev–Trinajstić information content (AvgIpc) is 2.56. The van der Waals surface area contributed by atoms with Crippen LogP contribution in [-0.4, -0.2) is 36.9 Å². The van der Waals surface area contributed by atoms with Gasteiger partial charge < -0.3 is 15.0 Å². The fourth-order valence-electron chi connectivity index (χ4n) is 2.00. The number of rotatable bonds is 5. The van der Waals surface area contributed by atoms with Gasteiger partial charge in [-0.1, -0.05) is 29.8 Å². The molecule has 6 heteroatoms. The number of para-hydroxylation sites is 1. The van der Waals surface area contributed by atoms with Crippen molar-refractivity contribution < 1.29 is 14.3 Å². The van der Waals surface area contributed by atoms with E-state index in [0.29, 0.717) is 22.0 Å². The number of carbonyl (C=O) groups excluding carboxylic acids is 2. The molecule has 2 aromatic rings. The Morgan fingerprint density at radius 3 is 2.42 bits per heavy atom. The zero-order chi connectivity index (χ0) is 17.7. The summed E-state index contributed by atoms with van der Waals surface area (Å²) in [5.41, 5.74) is 0.814. The summed E-state index contributed by atoms with van der Waals surface area (Å²) < 4.78 is 5.57. The lowest BCUT2D eigenvalue weighted by atomic mass is 10.1. The van der Waals surface area contributed by atoms with E-state index in [1.54, 1.807) is 51.4 Å². The van der Waals surface area contributed by atoms with Crippen molar-refractivity contribution in [3.05, 3.63) is 59.1 Å². The third-order valence-electron chi connectivity index (χ3n) is 3.30. The van der Waals surface area contributed by atoms with Gasteiger partial charge >= 0.3 is 0 Å². The predicted molar refractivity (Wildman–Crippen MR) is 94.6 cm³/mol. The molecule has 0 saturated heterocycles. The number of amides is 2. The monoisotopic (exact) mass is 346 g/mol. The van der Waals surface area contributed by atoms with Crippen LogP contribution in [0.5, 0.6) is 5.75 Å². The number of nitrogens with one attached hydrogen (secondary N) is 1. The van der Waals surface area contributed by atoms with E-state index < -0.39 is 6.10 Å². The fraction of sp³-hybridized carbons (Fsp3) is 0.222. The summed E-state index contributed by atoms with van der Waals surface area (Å²) in [6.07, 6.45) is -0.711. The van der Waals surface area contributed by atoms with Gasteiger partial charge in [-0.2, -0.15) is 0 Å². The zero-order valence-corrected chi connectivity index (χ0v) is 14.5. The molecule has 1 N–H and O–H groups in total. The Balaban J connectivity index is 2.10. The Labute approximate surface area is 146 Å². The Kier molecular flexibility index (Phi) is 5.82. The van der Waals surface area contributed by atoms with E-state index in [4.69, 9.17) is 16.3 Å². The number of hydrogen-bond donors (Lipinski definition) is 1. The highest BCUT2D eigenvalue weighted by Gasteiger charge is 2.17. The van der Waals surface area contributed by atoms with E-state index in [1.165, 1.54) is 4.90 Å². The van der Waals surface area contributed by atoms with Crippen LogP contribution in [0.3, 0.4) is 0 Å². The molecule has 0 radical (unpaired) electrons. The summed E-state index contributed by atoms with van der Waals surface area (Å²) >= 11 is 6.11. The number of carbonyl (C=O) groups is 2. The van der Waals surface area contributed by atoms with E-state index in [1.807, 2.05) is 18.2 Å². The first-order valence-corrected chi connectivity index (χ1v) is 7.80. The van der Waals surface area contributed by atoms with Gasteiger partial charge in [-0.05, 0) is 37.3 Å². The highest BCUT2D eigenvalue weighted by Crippen LogP contribution is 2.24. The van der Waals surface area contributed by atoms with Crippen LogP contribution in [0, 0.1) is 0 Å². The Bertz CT molecular complexity index is 732. The van der Waals surface area contributed by atoms with E-state index in [2.05, 4.69) is 5.32 Å². The molecule has 0 aliphatic rings. The molecule has 0 bridgehead atoms. The van der Waals surface area contributed by atoms with Crippen molar-refractivity contribution in [3.63, 3.8) is 0 Å². The number of nitrogens with zero attached hydrogens (tertiary/aromatic N) is 1. The maximum Gasteiger partial charge on any atom is 0.265 e. The molecule has 24 heavy (non-hydrogen) atoms. The molecule has 2 rings (SSSR count). The molecule has 0 aliphatic carbocycles. The predicted octanol–water partition coefficient (Wildman–Crippen LogP) is 3.45. The molecule has 1 unspecified atom stereocenters. The Morgan fingerprint density at radius 1 is 1.12 bits per heavy atom. The van der Waals surface area contributed by atoms with Gasteiger partial charge in [0.2, 0.25) is 0 Å². The molecular formula is C18H19ClN2O3. The van der Waals surface area contributed by atoms with Gasteiger partial charge in [0.1, 0.15) is 5.75 Å². The SMILES string of the molecule is CC(Oc1ccccc1)C(=O)Nc1cc(C(=O)N(C)C)ccc1Cl. The van der Waals surface area contributed by atoms with Gasteiger partial charge in [0.25, 0.3) is 11.8 Å². The summed E-state index contributed by atoms with van der Waals surface area (Å²) in [4.78, 5) is 25.8. The Hall–Kier alpha value is -2.53. The third kappa shape index (κ3) is 4.49. The number of benzene rings is 2. The first-order valence-electron chi connectivity index (χ1n) is 7.42. The minimum absolute atomic E-state index is 0.171. The molecule has 2 aromatic carbocycles. The third-order valence-corrected chi connectivity index (χ3v) is 3.63. The van der Waals surface area contributed by atoms with Gasteiger partial charge in [0.05, 0.1) is 10.7 Å². The second kappa shape index (κ2) is 7.84. The lowest BCUT2D eigenvalue weighted by Crippen LogP contribution is -2.30. The topological polar surface area (TPSA) is 58.6 Å². The second-order valence-corrected chi connectivity index (χ2v) is 5.86. The van der Waals surface area contributed by atoms with Crippen LogP contribution in [-0.2, 0) is 4.79 Å².